The second-order valence-electron chi connectivity index (χ2n) is 5.18. The molecule has 6 nitrogen and oxygen atoms in total. The van der Waals surface area contributed by atoms with Crippen LogP contribution < -0.4 is 11.1 Å². The van der Waals surface area contributed by atoms with Crippen molar-refractivity contribution in [3.8, 4) is 11.5 Å². The number of benzene rings is 1. The molecular formula is C13H20N2O4. The summed E-state index contributed by atoms with van der Waals surface area (Å²) in [6.45, 7) is 5.42. The molecule has 6 heteroatoms. The number of carbonyl (C=O) groups excluding carboxylic acids is 1. The van der Waals surface area contributed by atoms with E-state index in [1.54, 1.807) is 26.8 Å². The first-order valence-electron chi connectivity index (χ1n) is 5.94. The Kier molecular flexibility index (Phi) is 4.61. The van der Waals surface area contributed by atoms with Gasteiger partial charge in [0.2, 0.25) is 0 Å². The maximum atomic E-state index is 11.7. The van der Waals surface area contributed by atoms with Gasteiger partial charge in [-0.15, -0.1) is 0 Å². The maximum absolute atomic E-state index is 11.7. The van der Waals surface area contributed by atoms with E-state index in [0.29, 0.717) is 5.56 Å². The van der Waals surface area contributed by atoms with Crippen molar-refractivity contribution in [1.82, 2.24) is 5.32 Å². The summed E-state index contributed by atoms with van der Waals surface area (Å²) in [5.74, 6) is -0.487. The first-order valence-corrected chi connectivity index (χ1v) is 5.94. The van der Waals surface area contributed by atoms with Gasteiger partial charge >= 0.3 is 6.09 Å². The van der Waals surface area contributed by atoms with Crippen LogP contribution in [0.1, 0.15) is 32.4 Å². The van der Waals surface area contributed by atoms with Crippen molar-refractivity contribution in [2.24, 2.45) is 5.73 Å². The summed E-state index contributed by atoms with van der Waals surface area (Å²) in [5.41, 5.74) is 5.58. The smallest absolute Gasteiger partial charge is 0.408 e. The molecule has 0 aliphatic rings. The van der Waals surface area contributed by atoms with Crippen LogP contribution in [0.5, 0.6) is 11.5 Å². The average molecular weight is 268 g/mol. The van der Waals surface area contributed by atoms with Gasteiger partial charge in [-0.2, -0.15) is 0 Å². The predicted molar refractivity (Wildman–Crippen MR) is 70.9 cm³/mol. The molecule has 0 fully saturated rings. The third kappa shape index (κ3) is 4.67. The zero-order valence-electron chi connectivity index (χ0n) is 11.3. The molecule has 106 valence electrons. The fraction of sp³-hybridized carbons (Fsp3) is 0.462. The monoisotopic (exact) mass is 268 g/mol. The number of nitrogens with one attached hydrogen (secondary N) is 1. The SMILES string of the molecule is CC(C)(C)OC(=O)NC(CN)c1ccc(O)c(O)c1. The molecule has 1 aromatic carbocycles. The minimum atomic E-state index is -0.597. The Morgan fingerprint density at radius 3 is 2.47 bits per heavy atom. The Morgan fingerprint density at radius 1 is 1.37 bits per heavy atom. The fourth-order valence-electron chi connectivity index (χ4n) is 1.49. The number of alkyl carbamates (subject to hydrolysis) is 1. The second kappa shape index (κ2) is 5.79. The van der Waals surface area contributed by atoms with Crippen LogP contribution in [0.25, 0.3) is 0 Å². The first-order chi connectivity index (χ1) is 8.73. The molecule has 1 unspecified atom stereocenters. The van der Waals surface area contributed by atoms with Crippen LogP contribution in [0.3, 0.4) is 0 Å². The number of aromatic hydroxyl groups is 2. The lowest BCUT2D eigenvalue weighted by Crippen LogP contribution is -2.37. The average Bonchev–Trinajstić information content (AvgIpc) is 2.27. The van der Waals surface area contributed by atoms with Crippen molar-refractivity contribution in [2.75, 3.05) is 6.54 Å². The van der Waals surface area contributed by atoms with Gasteiger partial charge in [0.25, 0.3) is 0 Å². The molecule has 0 heterocycles. The van der Waals surface area contributed by atoms with E-state index >= 15 is 0 Å². The molecule has 1 atom stereocenters. The molecule has 1 amide bonds. The topological polar surface area (TPSA) is 105 Å². The van der Waals surface area contributed by atoms with Gasteiger partial charge in [-0.3, -0.25) is 0 Å². The van der Waals surface area contributed by atoms with Gasteiger partial charge in [-0.05, 0) is 38.5 Å². The third-order valence-corrected chi connectivity index (χ3v) is 2.33. The minimum Gasteiger partial charge on any atom is -0.504 e. The number of hydrogen-bond acceptors (Lipinski definition) is 5. The quantitative estimate of drug-likeness (QED) is 0.623. The van der Waals surface area contributed by atoms with E-state index in [9.17, 15) is 15.0 Å². The van der Waals surface area contributed by atoms with Crippen LogP contribution in [-0.4, -0.2) is 28.5 Å². The van der Waals surface area contributed by atoms with E-state index in [1.165, 1.54) is 12.1 Å². The molecule has 0 radical (unpaired) electrons. The van der Waals surface area contributed by atoms with Crippen molar-refractivity contribution >= 4 is 6.09 Å². The first kappa shape index (κ1) is 15.1. The normalized spacial score (nSPS) is 12.8. The van der Waals surface area contributed by atoms with E-state index in [4.69, 9.17) is 10.5 Å². The zero-order valence-corrected chi connectivity index (χ0v) is 11.3. The number of amides is 1. The number of carbonyl (C=O) groups is 1. The number of ether oxygens (including phenoxy) is 1. The summed E-state index contributed by atoms with van der Waals surface area (Å²) in [7, 11) is 0. The Bertz CT molecular complexity index is 454. The lowest BCUT2D eigenvalue weighted by atomic mass is 10.1. The highest BCUT2D eigenvalue weighted by Gasteiger charge is 2.20. The summed E-state index contributed by atoms with van der Waals surface area (Å²) in [4.78, 5) is 11.7. The molecule has 1 aromatic rings. The van der Waals surface area contributed by atoms with Crippen LogP contribution >= 0.6 is 0 Å². The number of phenolic OH excluding ortho intramolecular Hbond substituents is 2. The largest absolute Gasteiger partial charge is 0.504 e. The summed E-state index contributed by atoms with van der Waals surface area (Å²) < 4.78 is 5.13. The summed E-state index contributed by atoms with van der Waals surface area (Å²) in [6, 6.07) is 3.76. The summed E-state index contributed by atoms with van der Waals surface area (Å²) in [6.07, 6.45) is -0.587. The molecule has 0 spiro atoms. The molecule has 0 aliphatic carbocycles. The number of hydrogen-bond donors (Lipinski definition) is 4. The van der Waals surface area contributed by atoms with Gasteiger partial charge in [0.1, 0.15) is 5.60 Å². The van der Waals surface area contributed by atoms with E-state index in [0.717, 1.165) is 0 Å². The lowest BCUT2D eigenvalue weighted by Gasteiger charge is -2.23. The number of nitrogens with two attached hydrogens (primary N) is 1. The molecule has 0 saturated heterocycles. The van der Waals surface area contributed by atoms with Crippen LogP contribution in [0.4, 0.5) is 4.79 Å². The summed E-state index contributed by atoms with van der Waals surface area (Å²) in [5, 5.41) is 21.3. The van der Waals surface area contributed by atoms with Gasteiger partial charge in [-0.25, -0.2) is 4.79 Å². The van der Waals surface area contributed by atoms with Crippen molar-refractivity contribution in [3.63, 3.8) is 0 Å². The zero-order chi connectivity index (χ0) is 14.6. The van der Waals surface area contributed by atoms with E-state index in [1.807, 2.05) is 0 Å². The van der Waals surface area contributed by atoms with Crippen LogP contribution in [0.15, 0.2) is 18.2 Å². The molecular weight excluding hydrogens is 248 g/mol. The Balaban J connectivity index is 2.78. The van der Waals surface area contributed by atoms with E-state index in [2.05, 4.69) is 5.32 Å². The Labute approximate surface area is 112 Å². The Hall–Kier alpha value is -1.95. The van der Waals surface area contributed by atoms with Crippen molar-refractivity contribution in [3.05, 3.63) is 23.8 Å². The van der Waals surface area contributed by atoms with Crippen LogP contribution in [0.2, 0.25) is 0 Å². The Morgan fingerprint density at radius 2 is 2.00 bits per heavy atom. The molecule has 0 aliphatic heterocycles. The highest BCUT2D eigenvalue weighted by molar-refractivity contribution is 5.68. The van der Waals surface area contributed by atoms with Crippen molar-refractivity contribution < 1.29 is 19.7 Å². The minimum absolute atomic E-state index is 0.142. The molecule has 0 aromatic heterocycles. The van der Waals surface area contributed by atoms with Crippen LogP contribution in [0, 0.1) is 0 Å². The molecule has 19 heavy (non-hydrogen) atoms. The van der Waals surface area contributed by atoms with Crippen molar-refractivity contribution in [1.29, 1.82) is 0 Å². The standard InChI is InChI=1S/C13H20N2O4/c1-13(2,3)19-12(18)15-9(7-14)8-4-5-10(16)11(17)6-8/h4-6,9,16-17H,7,14H2,1-3H3,(H,15,18). The van der Waals surface area contributed by atoms with Gasteiger partial charge in [-0.1, -0.05) is 6.07 Å². The number of phenols is 2. The third-order valence-electron chi connectivity index (χ3n) is 2.33. The van der Waals surface area contributed by atoms with Crippen LogP contribution in [-0.2, 0) is 4.74 Å². The molecule has 1 rings (SSSR count). The van der Waals surface area contributed by atoms with Gasteiger partial charge in [0.15, 0.2) is 11.5 Å². The van der Waals surface area contributed by atoms with Crippen molar-refractivity contribution in [2.45, 2.75) is 32.4 Å². The molecule has 5 N–H and O–H groups in total. The highest BCUT2D eigenvalue weighted by Crippen LogP contribution is 2.27. The maximum Gasteiger partial charge on any atom is 0.408 e. The predicted octanol–water partition coefficient (Wildman–Crippen LogP) is 1.62. The van der Waals surface area contributed by atoms with E-state index in [-0.39, 0.29) is 18.0 Å². The van der Waals surface area contributed by atoms with Gasteiger partial charge < -0.3 is 26.0 Å². The highest BCUT2D eigenvalue weighted by atomic mass is 16.6. The second-order valence-corrected chi connectivity index (χ2v) is 5.18. The number of rotatable bonds is 3. The van der Waals surface area contributed by atoms with Gasteiger partial charge in [0.05, 0.1) is 6.04 Å². The molecule has 0 saturated carbocycles. The van der Waals surface area contributed by atoms with E-state index < -0.39 is 17.7 Å². The lowest BCUT2D eigenvalue weighted by molar-refractivity contribution is 0.0505. The summed E-state index contributed by atoms with van der Waals surface area (Å²) >= 11 is 0. The van der Waals surface area contributed by atoms with Gasteiger partial charge in [0, 0.05) is 6.54 Å². The fourth-order valence-corrected chi connectivity index (χ4v) is 1.49. The molecule has 0 bridgehead atoms.